The first-order valence-corrected chi connectivity index (χ1v) is 9.75. The van der Waals surface area contributed by atoms with E-state index in [9.17, 15) is 4.79 Å². The third-order valence-electron chi connectivity index (χ3n) is 4.95. The zero-order valence-corrected chi connectivity index (χ0v) is 16.7. The van der Waals surface area contributed by atoms with Crippen molar-refractivity contribution in [3.05, 3.63) is 59.2 Å². The zero-order chi connectivity index (χ0) is 20.6. The van der Waals surface area contributed by atoms with E-state index < -0.39 is 5.97 Å². The SMILES string of the molecule is COC(=O)c1cc(COCCN2CCNCC2)cc(-c2cccc(C(=N)N)c2)c1. The molecule has 2 aromatic rings. The van der Waals surface area contributed by atoms with Gasteiger partial charge < -0.3 is 20.5 Å². The monoisotopic (exact) mass is 396 g/mol. The van der Waals surface area contributed by atoms with Crippen molar-refractivity contribution in [2.24, 2.45) is 5.73 Å². The Kier molecular flexibility index (Phi) is 7.35. The highest BCUT2D eigenvalue weighted by Crippen LogP contribution is 2.24. The molecule has 0 aliphatic carbocycles. The van der Waals surface area contributed by atoms with Crippen LogP contribution in [0.5, 0.6) is 0 Å². The number of methoxy groups -OCH3 is 1. The number of hydrogen-bond donors (Lipinski definition) is 3. The number of benzene rings is 2. The number of carbonyl (C=O) groups is 1. The molecule has 7 nitrogen and oxygen atoms in total. The van der Waals surface area contributed by atoms with Crippen LogP contribution in [0.15, 0.2) is 42.5 Å². The summed E-state index contributed by atoms with van der Waals surface area (Å²) in [6.07, 6.45) is 0. The van der Waals surface area contributed by atoms with E-state index >= 15 is 0 Å². The summed E-state index contributed by atoms with van der Waals surface area (Å²) in [5.74, 6) is -0.385. The molecular weight excluding hydrogens is 368 g/mol. The van der Waals surface area contributed by atoms with E-state index in [4.69, 9.17) is 20.6 Å². The van der Waals surface area contributed by atoms with Crippen LogP contribution in [0.25, 0.3) is 11.1 Å². The maximum Gasteiger partial charge on any atom is 0.337 e. The normalized spacial score (nSPS) is 14.5. The first kappa shape index (κ1) is 21.0. The molecule has 7 heteroatoms. The van der Waals surface area contributed by atoms with Crippen LogP contribution in [0, 0.1) is 5.41 Å². The Hall–Kier alpha value is -2.74. The maximum absolute atomic E-state index is 12.1. The molecule has 0 unspecified atom stereocenters. The van der Waals surface area contributed by atoms with E-state index in [0.717, 1.165) is 49.4 Å². The number of esters is 1. The Balaban J connectivity index is 1.74. The number of nitrogen functional groups attached to an aromatic ring is 1. The second-order valence-corrected chi connectivity index (χ2v) is 7.05. The molecule has 154 valence electrons. The standard InChI is InChI=1S/C22H28N4O3/c1-28-22(27)20-12-16(15-29-10-9-26-7-5-25-6-8-26)11-19(14-20)17-3-2-4-18(13-17)21(23)24/h2-4,11-14,25H,5-10,15H2,1H3,(H3,23,24). The highest BCUT2D eigenvalue weighted by molar-refractivity contribution is 5.96. The quantitative estimate of drug-likeness (QED) is 0.272. The number of rotatable bonds is 8. The second-order valence-electron chi connectivity index (χ2n) is 7.05. The van der Waals surface area contributed by atoms with Gasteiger partial charge in [0.2, 0.25) is 0 Å². The van der Waals surface area contributed by atoms with Crippen LogP contribution in [0.3, 0.4) is 0 Å². The molecule has 3 rings (SSSR count). The summed E-state index contributed by atoms with van der Waals surface area (Å²) in [6.45, 7) is 6.06. The Labute approximate surface area is 171 Å². The van der Waals surface area contributed by atoms with Crippen molar-refractivity contribution in [1.82, 2.24) is 10.2 Å². The van der Waals surface area contributed by atoms with Crippen LogP contribution in [0.2, 0.25) is 0 Å². The number of amidine groups is 1. The molecule has 4 N–H and O–H groups in total. The van der Waals surface area contributed by atoms with Gasteiger partial charge in [-0.1, -0.05) is 18.2 Å². The first-order chi connectivity index (χ1) is 14.1. The highest BCUT2D eigenvalue weighted by atomic mass is 16.5. The van der Waals surface area contributed by atoms with Crippen molar-refractivity contribution < 1.29 is 14.3 Å². The number of ether oxygens (including phenoxy) is 2. The summed E-state index contributed by atoms with van der Waals surface area (Å²) in [4.78, 5) is 14.5. The van der Waals surface area contributed by atoms with Gasteiger partial charge in [0.05, 0.1) is 25.9 Å². The summed E-state index contributed by atoms with van der Waals surface area (Å²) < 4.78 is 10.8. The van der Waals surface area contributed by atoms with E-state index in [-0.39, 0.29) is 5.84 Å². The molecule has 1 heterocycles. The van der Waals surface area contributed by atoms with Crippen molar-refractivity contribution in [2.75, 3.05) is 46.4 Å². The highest BCUT2D eigenvalue weighted by Gasteiger charge is 2.12. The van der Waals surface area contributed by atoms with Gasteiger partial charge in [0.15, 0.2) is 0 Å². The Bertz CT molecular complexity index is 863. The fraction of sp³-hybridized carbons (Fsp3) is 0.364. The van der Waals surface area contributed by atoms with Gasteiger partial charge in [-0.3, -0.25) is 10.3 Å². The molecule has 2 aromatic carbocycles. The van der Waals surface area contributed by atoms with E-state index in [2.05, 4.69) is 10.2 Å². The van der Waals surface area contributed by atoms with Gasteiger partial charge in [0.25, 0.3) is 0 Å². The number of carbonyl (C=O) groups excluding carboxylic acids is 1. The summed E-state index contributed by atoms with van der Waals surface area (Å²) >= 11 is 0. The van der Waals surface area contributed by atoms with Crippen molar-refractivity contribution in [2.45, 2.75) is 6.61 Å². The average Bonchev–Trinajstić information content (AvgIpc) is 2.76. The summed E-state index contributed by atoms with van der Waals surface area (Å²) in [5, 5.41) is 11.0. The van der Waals surface area contributed by atoms with Crippen molar-refractivity contribution in [1.29, 1.82) is 5.41 Å². The van der Waals surface area contributed by atoms with E-state index in [1.54, 1.807) is 18.2 Å². The van der Waals surface area contributed by atoms with Gasteiger partial charge in [0, 0.05) is 38.3 Å². The average molecular weight is 396 g/mol. The van der Waals surface area contributed by atoms with E-state index in [0.29, 0.717) is 24.3 Å². The minimum absolute atomic E-state index is 0.00689. The van der Waals surface area contributed by atoms with Gasteiger partial charge in [0.1, 0.15) is 5.84 Å². The van der Waals surface area contributed by atoms with Crippen LogP contribution in [-0.2, 0) is 16.1 Å². The lowest BCUT2D eigenvalue weighted by molar-refractivity contribution is 0.0600. The van der Waals surface area contributed by atoms with E-state index in [1.165, 1.54) is 7.11 Å². The molecule has 1 saturated heterocycles. The van der Waals surface area contributed by atoms with Gasteiger partial charge in [-0.25, -0.2) is 4.79 Å². The lowest BCUT2D eigenvalue weighted by Gasteiger charge is -2.26. The zero-order valence-electron chi connectivity index (χ0n) is 16.7. The van der Waals surface area contributed by atoms with Gasteiger partial charge in [-0.2, -0.15) is 0 Å². The van der Waals surface area contributed by atoms with Crippen LogP contribution >= 0.6 is 0 Å². The van der Waals surface area contributed by atoms with Gasteiger partial charge >= 0.3 is 5.97 Å². The van der Waals surface area contributed by atoms with Crippen LogP contribution < -0.4 is 11.1 Å². The predicted molar refractivity (Wildman–Crippen MR) is 113 cm³/mol. The lowest BCUT2D eigenvalue weighted by Crippen LogP contribution is -2.44. The minimum Gasteiger partial charge on any atom is -0.465 e. The molecule has 1 aliphatic rings. The van der Waals surface area contributed by atoms with Gasteiger partial charge in [-0.05, 0) is 41.0 Å². The smallest absolute Gasteiger partial charge is 0.337 e. The molecule has 1 aliphatic heterocycles. The Morgan fingerprint density at radius 2 is 1.90 bits per heavy atom. The summed E-state index contributed by atoms with van der Waals surface area (Å²) in [5.41, 5.74) is 9.36. The minimum atomic E-state index is -0.392. The maximum atomic E-state index is 12.1. The molecule has 0 saturated carbocycles. The number of nitrogens with two attached hydrogens (primary N) is 1. The molecule has 0 spiro atoms. The summed E-state index contributed by atoms with van der Waals surface area (Å²) in [6, 6.07) is 13.0. The molecule has 0 amide bonds. The number of piperazine rings is 1. The largest absolute Gasteiger partial charge is 0.465 e. The number of nitrogens with zero attached hydrogens (tertiary/aromatic N) is 1. The van der Waals surface area contributed by atoms with E-state index in [1.807, 2.05) is 24.3 Å². The molecule has 0 radical (unpaired) electrons. The molecule has 0 bridgehead atoms. The Morgan fingerprint density at radius 1 is 1.14 bits per heavy atom. The van der Waals surface area contributed by atoms with Crippen molar-refractivity contribution in [3.63, 3.8) is 0 Å². The first-order valence-electron chi connectivity index (χ1n) is 9.75. The summed E-state index contributed by atoms with van der Waals surface area (Å²) in [7, 11) is 1.37. The number of hydrogen-bond acceptors (Lipinski definition) is 6. The molecule has 0 aromatic heterocycles. The van der Waals surface area contributed by atoms with Crippen LogP contribution in [0.4, 0.5) is 0 Å². The molecule has 0 atom stereocenters. The fourth-order valence-corrected chi connectivity index (χ4v) is 3.36. The topological polar surface area (TPSA) is 101 Å². The lowest BCUT2D eigenvalue weighted by atomic mass is 9.98. The molecular formula is C22H28N4O3. The van der Waals surface area contributed by atoms with Gasteiger partial charge in [-0.15, -0.1) is 0 Å². The van der Waals surface area contributed by atoms with Crippen molar-refractivity contribution >= 4 is 11.8 Å². The fourth-order valence-electron chi connectivity index (χ4n) is 3.36. The second kappa shape index (κ2) is 10.2. The predicted octanol–water partition coefficient (Wildman–Crippen LogP) is 1.85. The third-order valence-corrected chi connectivity index (χ3v) is 4.95. The van der Waals surface area contributed by atoms with Crippen molar-refractivity contribution in [3.8, 4) is 11.1 Å². The molecule has 29 heavy (non-hydrogen) atoms. The molecule has 1 fully saturated rings. The van der Waals surface area contributed by atoms with Crippen LogP contribution in [0.1, 0.15) is 21.5 Å². The van der Waals surface area contributed by atoms with Crippen LogP contribution in [-0.4, -0.2) is 63.1 Å². The third kappa shape index (κ3) is 5.87. The number of nitrogens with one attached hydrogen (secondary N) is 2. The Morgan fingerprint density at radius 3 is 2.62 bits per heavy atom.